The first kappa shape index (κ1) is 22.0. The van der Waals surface area contributed by atoms with Crippen LogP contribution in [-0.2, 0) is 16.1 Å². The topological polar surface area (TPSA) is 74.6 Å². The predicted octanol–water partition coefficient (Wildman–Crippen LogP) is 3.60. The van der Waals surface area contributed by atoms with Crippen molar-refractivity contribution >= 4 is 5.91 Å². The van der Waals surface area contributed by atoms with Crippen molar-refractivity contribution in [3.05, 3.63) is 72.5 Å². The summed E-state index contributed by atoms with van der Waals surface area (Å²) in [6, 6.07) is 7.91. The number of hydroxylamine groups is 1. The maximum Gasteiger partial charge on any atom is 0.452 e. The summed E-state index contributed by atoms with van der Waals surface area (Å²) < 4.78 is 49.3. The van der Waals surface area contributed by atoms with Gasteiger partial charge in [-0.15, -0.1) is 6.58 Å². The van der Waals surface area contributed by atoms with E-state index in [2.05, 4.69) is 21.9 Å². The zero-order valence-electron chi connectivity index (χ0n) is 15.6. The zero-order chi connectivity index (χ0) is 21.3. The predicted molar refractivity (Wildman–Crippen MR) is 97.8 cm³/mol. The number of aromatic nitrogens is 2. The van der Waals surface area contributed by atoms with Crippen LogP contribution in [0.2, 0.25) is 0 Å². The number of ether oxygens (including phenoxy) is 2. The highest BCUT2D eigenvalue weighted by Gasteiger charge is 2.36. The minimum Gasteiger partial charge on any atom is -0.487 e. The van der Waals surface area contributed by atoms with E-state index in [9.17, 15) is 18.0 Å². The van der Waals surface area contributed by atoms with E-state index in [0.717, 1.165) is 5.56 Å². The second kappa shape index (κ2) is 10.3. The van der Waals surface area contributed by atoms with Crippen LogP contribution >= 0.6 is 0 Å². The lowest BCUT2D eigenvalue weighted by Crippen LogP contribution is -2.24. The van der Waals surface area contributed by atoms with Crippen LogP contribution in [0.1, 0.15) is 23.0 Å². The molecule has 0 saturated carbocycles. The van der Waals surface area contributed by atoms with Gasteiger partial charge in [-0.1, -0.05) is 18.2 Å². The molecule has 29 heavy (non-hydrogen) atoms. The molecule has 7 nitrogen and oxygen atoms in total. The Balaban J connectivity index is 1.95. The molecule has 0 unspecified atom stereocenters. The van der Waals surface area contributed by atoms with Gasteiger partial charge < -0.3 is 9.47 Å². The average molecular weight is 411 g/mol. The first-order valence-corrected chi connectivity index (χ1v) is 8.55. The Hall–Kier alpha value is -3.27. The third-order valence-corrected chi connectivity index (χ3v) is 3.39. The fourth-order valence-corrected chi connectivity index (χ4v) is 2.11. The average Bonchev–Trinajstić information content (AvgIpc) is 3.14. The molecule has 1 amide bonds. The van der Waals surface area contributed by atoms with Gasteiger partial charge in [0.2, 0.25) is 5.76 Å². The molecule has 10 heteroatoms. The third kappa shape index (κ3) is 7.00. The van der Waals surface area contributed by atoms with Crippen molar-refractivity contribution in [1.29, 1.82) is 0 Å². The molecule has 0 fully saturated rings. The van der Waals surface area contributed by atoms with Gasteiger partial charge in [-0.05, 0) is 30.7 Å². The zero-order valence-corrected chi connectivity index (χ0v) is 15.6. The van der Waals surface area contributed by atoms with Crippen molar-refractivity contribution in [1.82, 2.24) is 15.3 Å². The number of halogens is 3. The lowest BCUT2D eigenvalue weighted by molar-refractivity contribution is -0.132. The molecule has 1 N–H and O–H groups in total. The smallest absolute Gasteiger partial charge is 0.452 e. The molecule has 0 radical (unpaired) electrons. The number of alkyl halides is 3. The van der Waals surface area contributed by atoms with Crippen LogP contribution in [0.15, 0.2) is 61.2 Å². The third-order valence-electron chi connectivity index (χ3n) is 3.39. The number of hydrogen-bond acceptors (Lipinski definition) is 5. The Morgan fingerprint density at radius 3 is 2.62 bits per heavy atom. The Morgan fingerprint density at radius 2 is 2.00 bits per heavy atom. The van der Waals surface area contributed by atoms with E-state index in [1.165, 1.54) is 35.9 Å². The number of hydrogen-bond donors (Lipinski definition) is 1. The van der Waals surface area contributed by atoms with Crippen molar-refractivity contribution in [3.8, 4) is 5.75 Å². The Morgan fingerprint density at radius 1 is 1.28 bits per heavy atom. The van der Waals surface area contributed by atoms with Crippen LogP contribution in [0.4, 0.5) is 13.2 Å². The van der Waals surface area contributed by atoms with E-state index >= 15 is 0 Å². The molecule has 0 saturated heterocycles. The van der Waals surface area contributed by atoms with Gasteiger partial charge in [-0.2, -0.15) is 18.3 Å². The van der Waals surface area contributed by atoms with E-state index in [-0.39, 0.29) is 24.7 Å². The van der Waals surface area contributed by atoms with Crippen molar-refractivity contribution < 1.29 is 32.3 Å². The largest absolute Gasteiger partial charge is 0.487 e. The van der Waals surface area contributed by atoms with Crippen LogP contribution in [0.25, 0.3) is 0 Å². The lowest BCUT2D eigenvalue weighted by Gasteiger charge is -2.12. The minimum absolute atomic E-state index is 0.127. The number of carbonyl (C=O) groups excluding carboxylic acids is 1. The standard InChI is InChI=1S/C19H20F3N3O4/c1-3-11-29-24-18(26)16-9-10-25(23-16)12-14-5-7-15(8-6-14)28-13-17(27-4-2)19(20,21)22/h3,5-10,13H,1,4,11-12H2,2H3,(H,24,26)/b17-13-. The summed E-state index contributed by atoms with van der Waals surface area (Å²) in [5, 5.41) is 4.13. The highest BCUT2D eigenvalue weighted by Crippen LogP contribution is 2.27. The molecule has 2 rings (SSSR count). The van der Waals surface area contributed by atoms with Gasteiger partial charge in [0.25, 0.3) is 5.91 Å². The number of benzene rings is 1. The molecule has 0 bridgehead atoms. The van der Waals surface area contributed by atoms with Crippen LogP contribution in [-0.4, -0.2) is 35.1 Å². The molecule has 156 valence electrons. The molecule has 1 aromatic heterocycles. The number of amides is 1. The lowest BCUT2D eigenvalue weighted by atomic mass is 10.2. The Kier molecular flexibility index (Phi) is 7.84. The van der Waals surface area contributed by atoms with Crippen LogP contribution in [0, 0.1) is 0 Å². The molecule has 0 spiro atoms. The van der Waals surface area contributed by atoms with E-state index in [0.29, 0.717) is 12.8 Å². The van der Waals surface area contributed by atoms with E-state index in [4.69, 9.17) is 9.57 Å². The Bertz CT molecular complexity index is 845. The summed E-state index contributed by atoms with van der Waals surface area (Å²) in [6.07, 6.45) is -0.988. The van der Waals surface area contributed by atoms with E-state index in [1.807, 2.05) is 0 Å². The number of nitrogens with one attached hydrogen (secondary N) is 1. The molecular weight excluding hydrogens is 391 g/mol. The summed E-state index contributed by atoms with van der Waals surface area (Å²) >= 11 is 0. The van der Waals surface area contributed by atoms with Crippen molar-refractivity contribution in [2.75, 3.05) is 13.2 Å². The molecule has 1 heterocycles. The molecule has 1 aromatic carbocycles. The van der Waals surface area contributed by atoms with Gasteiger partial charge in [0, 0.05) is 6.20 Å². The molecule has 0 aliphatic heterocycles. The van der Waals surface area contributed by atoms with Gasteiger partial charge in [0.1, 0.15) is 12.0 Å². The second-order valence-corrected chi connectivity index (χ2v) is 5.60. The Labute approximate surface area is 165 Å². The van der Waals surface area contributed by atoms with E-state index in [1.54, 1.807) is 18.3 Å². The molecular formula is C19H20F3N3O4. The highest BCUT2D eigenvalue weighted by molar-refractivity contribution is 5.91. The first-order valence-electron chi connectivity index (χ1n) is 8.55. The SMILES string of the molecule is C=CCONC(=O)c1ccn(Cc2ccc(O/C=C(\OCC)C(F)(F)F)cc2)n1. The molecule has 0 aliphatic rings. The monoisotopic (exact) mass is 411 g/mol. The van der Waals surface area contributed by atoms with Gasteiger partial charge in [-0.25, -0.2) is 5.48 Å². The maximum absolute atomic E-state index is 12.7. The summed E-state index contributed by atoms with van der Waals surface area (Å²) in [6.45, 7) is 5.31. The van der Waals surface area contributed by atoms with Gasteiger partial charge in [0.15, 0.2) is 5.69 Å². The van der Waals surface area contributed by atoms with Gasteiger partial charge in [-0.3, -0.25) is 14.3 Å². The molecule has 0 aliphatic carbocycles. The summed E-state index contributed by atoms with van der Waals surface area (Å²) in [4.78, 5) is 16.7. The highest BCUT2D eigenvalue weighted by atomic mass is 19.4. The fraction of sp³-hybridized carbons (Fsp3) is 0.263. The molecule has 0 atom stereocenters. The minimum atomic E-state index is -4.63. The number of carbonyl (C=O) groups is 1. The van der Waals surface area contributed by atoms with Crippen molar-refractivity contribution in [2.24, 2.45) is 0 Å². The summed E-state index contributed by atoms with van der Waals surface area (Å²) in [7, 11) is 0. The number of rotatable bonds is 10. The quantitative estimate of drug-likeness (QED) is 0.280. The normalized spacial score (nSPS) is 11.8. The van der Waals surface area contributed by atoms with Gasteiger partial charge in [0.05, 0.1) is 19.8 Å². The fourth-order valence-electron chi connectivity index (χ4n) is 2.11. The van der Waals surface area contributed by atoms with Gasteiger partial charge >= 0.3 is 6.18 Å². The van der Waals surface area contributed by atoms with E-state index < -0.39 is 17.8 Å². The van der Waals surface area contributed by atoms with Crippen molar-refractivity contribution in [3.63, 3.8) is 0 Å². The summed E-state index contributed by atoms with van der Waals surface area (Å²) in [5.41, 5.74) is 3.21. The van der Waals surface area contributed by atoms with Crippen LogP contribution in [0.3, 0.4) is 0 Å². The number of nitrogens with zero attached hydrogens (tertiary/aromatic N) is 2. The summed E-state index contributed by atoms with van der Waals surface area (Å²) in [5.74, 6) is -1.48. The maximum atomic E-state index is 12.7. The van der Waals surface area contributed by atoms with Crippen LogP contribution in [0.5, 0.6) is 5.75 Å². The first-order chi connectivity index (χ1) is 13.8. The molecule has 2 aromatic rings. The number of allylic oxidation sites excluding steroid dienone is 1. The van der Waals surface area contributed by atoms with Crippen molar-refractivity contribution in [2.45, 2.75) is 19.6 Å². The van der Waals surface area contributed by atoms with Crippen LogP contribution < -0.4 is 10.2 Å². The second-order valence-electron chi connectivity index (χ2n) is 5.60.